The van der Waals surface area contributed by atoms with Crippen molar-refractivity contribution in [2.45, 2.75) is 38.5 Å². The van der Waals surface area contributed by atoms with E-state index in [1.54, 1.807) is 0 Å². The highest BCUT2D eigenvalue weighted by atomic mass is 79.9. The van der Waals surface area contributed by atoms with Crippen molar-refractivity contribution in [1.82, 2.24) is 5.32 Å². The van der Waals surface area contributed by atoms with Gasteiger partial charge < -0.3 is 15.4 Å². The lowest BCUT2D eigenvalue weighted by Crippen LogP contribution is -2.42. The summed E-state index contributed by atoms with van der Waals surface area (Å²) in [6, 6.07) is 15.7. The number of hydrogen-bond acceptors (Lipinski definition) is 3. The maximum atomic E-state index is 12.4. The lowest BCUT2D eigenvalue weighted by atomic mass is 9.89. The summed E-state index contributed by atoms with van der Waals surface area (Å²) in [7, 11) is 0. The molecule has 1 amide bonds. The first-order valence-corrected chi connectivity index (χ1v) is 9.40. The summed E-state index contributed by atoms with van der Waals surface area (Å²) in [5, 5.41) is 6.52. The molecule has 2 atom stereocenters. The Morgan fingerprint density at radius 2 is 1.77 bits per heavy atom. The van der Waals surface area contributed by atoms with Gasteiger partial charge in [-0.15, -0.1) is 0 Å². The van der Waals surface area contributed by atoms with Crippen LogP contribution in [-0.2, 0) is 4.74 Å². The minimum Gasteiger partial charge on any atom is -0.444 e. The van der Waals surface area contributed by atoms with Gasteiger partial charge in [0, 0.05) is 10.2 Å². The number of rotatable bonds is 3. The summed E-state index contributed by atoms with van der Waals surface area (Å²) >= 11 is 3.45. The number of halogens is 1. The highest BCUT2D eigenvalue weighted by molar-refractivity contribution is 9.10. The number of anilines is 1. The molecule has 0 fully saturated rings. The summed E-state index contributed by atoms with van der Waals surface area (Å²) in [6.07, 6.45) is 3.74. The quantitative estimate of drug-likeness (QED) is 0.694. The fourth-order valence-corrected chi connectivity index (χ4v) is 3.19. The second-order valence-electron chi connectivity index (χ2n) is 7.29. The van der Waals surface area contributed by atoms with Gasteiger partial charge in [-0.1, -0.05) is 52.3 Å². The van der Waals surface area contributed by atoms with Crippen molar-refractivity contribution >= 4 is 33.8 Å². The zero-order valence-electron chi connectivity index (χ0n) is 15.1. The maximum Gasteiger partial charge on any atom is 0.408 e. The molecule has 26 heavy (non-hydrogen) atoms. The summed E-state index contributed by atoms with van der Waals surface area (Å²) in [6.45, 7) is 5.58. The summed E-state index contributed by atoms with van der Waals surface area (Å²) < 4.78 is 6.49. The Labute approximate surface area is 162 Å². The van der Waals surface area contributed by atoms with E-state index in [0.29, 0.717) is 0 Å². The van der Waals surface area contributed by atoms with Gasteiger partial charge in [-0.3, -0.25) is 0 Å². The molecule has 0 heterocycles. The van der Waals surface area contributed by atoms with Crippen LogP contribution >= 0.6 is 15.9 Å². The Kier molecular flexibility index (Phi) is 5.37. The molecule has 2 aromatic rings. The molecule has 0 bridgehead atoms. The molecule has 4 nitrogen and oxygen atoms in total. The van der Waals surface area contributed by atoms with Crippen LogP contribution in [0.25, 0.3) is 6.08 Å². The summed E-state index contributed by atoms with van der Waals surface area (Å²) in [5.41, 5.74) is 2.61. The fraction of sp³-hybridized carbons (Fsp3) is 0.286. The summed E-state index contributed by atoms with van der Waals surface area (Å²) in [4.78, 5) is 12.4. The highest BCUT2D eigenvalue weighted by Crippen LogP contribution is 2.30. The van der Waals surface area contributed by atoms with Crippen molar-refractivity contribution in [1.29, 1.82) is 0 Å². The number of nitrogens with one attached hydrogen (secondary N) is 2. The molecular formula is C21H23BrN2O2. The number of carbonyl (C=O) groups is 1. The Morgan fingerprint density at radius 1 is 1.08 bits per heavy atom. The van der Waals surface area contributed by atoms with E-state index in [2.05, 4.69) is 38.7 Å². The molecule has 0 saturated carbocycles. The molecule has 2 N–H and O–H groups in total. The van der Waals surface area contributed by atoms with Crippen LogP contribution < -0.4 is 10.6 Å². The Balaban J connectivity index is 1.84. The lowest BCUT2D eigenvalue weighted by Gasteiger charge is -2.32. The predicted octanol–water partition coefficient (Wildman–Crippen LogP) is 5.52. The van der Waals surface area contributed by atoms with Gasteiger partial charge in [0.2, 0.25) is 0 Å². The first-order chi connectivity index (χ1) is 12.3. The lowest BCUT2D eigenvalue weighted by molar-refractivity contribution is 0.0501. The van der Waals surface area contributed by atoms with Crippen LogP contribution in [0, 0.1) is 0 Å². The fourth-order valence-electron chi connectivity index (χ4n) is 2.93. The number of fused-ring (bicyclic) bond motifs is 1. The van der Waals surface area contributed by atoms with Crippen molar-refractivity contribution in [2.24, 2.45) is 0 Å². The zero-order valence-corrected chi connectivity index (χ0v) is 16.7. The Morgan fingerprint density at radius 3 is 2.46 bits per heavy atom. The maximum absolute atomic E-state index is 12.4. The smallest absolute Gasteiger partial charge is 0.408 e. The molecule has 136 valence electrons. The second-order valence-corrected chi connectivity index (χ2v) is 8.20. The van der Waals surface area contributed by atoms with Gasteiger partial charge in [-0.2, -0.15) is 0 Å². The minimum atomic E-state index is -0.539. The molecule has 0 aromatic heterocycles. The van der Waals surface area contributed by atoms with E-state index in [9.17, 15) is 4.79 Å². The zero-order chi connectivity index (χ0) is 18.7. The van der Waals surface area contributed by atoms with Crippen molar-refractivity contribution in [3.8, 4) is 0 Å². The number of alkyl carbamates (subject to hydrolysis) is 1. The van der Waals surface area contributed by atoms with Crippen LogP contribution in [0.15, 0.2) is 59.1 Å². The van der Waals surface area contributed by atoms with E-state index in [1.807, 2.05) is 69.3 Å². The number of carbonyl (C=O) groups excluding carboxylic acids is 1. The molecule has 5 heteroatoms. The van der Waals surface area contributed by atoms with Gasteiger partial charge in [0.1, 0.15) is 5.60 Å². The van der Waals surface area contributed by atoms with Crippen LogP contribution in [0.3, 0.4) is 0 Å². The molecule has 1 aliphatic rings. The molecule has 1 aliphatic carbocycles. The minimum absolute atomic E-state index is 0.0846. The topological polar surface area (TPSA) is 50.4 Å². The first kappa shape index (κ1) is 18.5. The van der Waals surface area contributed by atoms with Crippen molar-refractivity contribution < 1.29 is 9.53 Å². The Hall–Kier alpha value is -2.27. The number of benzene rings is 2. The third-order valence-corrected chi connectivity index (χ3v) is 4.55. The molecule has 0 saturated heterocycles. The molecule has 0 unspecified atom stereocenters. The monoisotopic (exact) mass is 414 g/mol. The van der Waals surface area contributed by atoms with Crippen LogP contribution in [0.1, 0.15) is 37.9 Å². The predicted molar refractivity (Wildman–Crippen MR) is 109 cm³/mol. The van der Waals surface area contributed by atoms with Gasteiger partial charge in [-0.05, 0) is 56.2 Å². The standard InChI is InChI=1S/C21H23BrN2O2/c1-21(2,3)26-20(25)24-19-17-7-5-4-6-14(17)8-13-18(19)23-16-11-9-15(22)10-12-16/h4-13,18-19,23H,1-3H3,(H,24,25)/t18-,19-/m0/s1. The summed E-state index contributed by atoms with van der Waals surface area (Å²) in [5.74, 6) is 0. The van der Waals surface area contributed by atoms with Crippen LogP contribution in [0.2, 0.25) is 0 Å². The van der Waals surface area contributed by atoms with E-state index >= 15 is 0 Å². The van der Waals surface area contributed by atoms with Crippen molar-refractivity contribution in [3.63, 3.8) is 0 Å². The van der Waals surface area contributed by atoms with Gasteiger partial charge in [0.15, 0.2) is 0 Å². The number of amides is 1. The van der Waals surface area contributed by atoms with E-state index in [-0.39, 0.29) is 12.1 Å². The third-order valence-electron chi connectivity index (χ3n) is 4.02. The number of ether oxygens (including phenoxy) is 1. The van der Waals surface area contributed by atoms with Gasteiger partial charge in [-0.25, -0.2) is 4.79 Å². The van der Waals surface area contributed by atoms with Crippen molar-refractivity contribution in [2.75, 3.05) is 5.32 Å². The second kappa shape index (κ2) is 7.54. The van der Waals surface area contributed by atoms with Crippen LogP contribution in [0.5, 0.6) is 0 Å². The van der Waals surface area contributed by atoms with Crippen LogP contribution in [-0.4, -0.2) is 17.7 Å². The normalized spacial score (nSPS) is 18.8. The SMILES string of the molecule is CC(C)(C)OC(=O)N[C@H]1c2ccccc2C=C[C@@H]1Nc1ccc(Br)cc1. The first-order valence-electron chi connectivity index (χ1n) is 8.60. The average molecular weight is 415 g/mol. The van der Waals surface area contributed by atoms with E-state index in [1.165, 1.54) is 0 Å². The van der Waals surface area contributed by atoms with Gasteiger partial charge in [0.25, 0.3) is 0 Å². The molecule has 0 aliphatic heterocycles. The molecular weight excluding hydrogens is 392 g/mol. The van der Waals surface area contributed by atoms with Crippen LogP contribution in [0.4, 0.5) is 10.5 Å². The molecule has 2 aromatic carbocycles. The Bertz CT molecular complexity index is 810. The highest BCUT2D eigenvalue weighted by Gasteiger charge is 2.29. The number of hydrogen-bond donors (Lipinski definition) is 2. The van der Waals surface area contributed by atoms with Crippen molar-refractivity contribution in [3.05, 3.63) is 70.2 Å². The molecule has 0 spiro atoms. The van der Waals surface area contributed by atoms with E-state index < -0.39 is 11.7 Å². The van der Waals surface area contributed by atoms with E-state index in [0.717, 1.165) is 21.3 Å². The molecule has 3 rings (SSSR count). The van der Waals surface area contributed by atoms with Gasteiger partial charge in [0.05, 0.1) is 12.1 Å². The van der Waals surface area contributed by atoms with E-state index in [4.69, 9.17) is 4.74 Å². The third kappa shape index (κ3) is 4.67. The average Bonchev–Trinajstić information content (AvgIpc) is 2.57. The largest absolute Gasteiger partial charge is 0.444 e. The van der Waals surface area contributed by atoms with Gasteiger partial charge >= 0.3 is 6.09 Å². The molecule has 0 radical (unpaired) electrons.